The number of halogens is 1. The van der Waals surface area contributed by atoms with E-state index >= 15 is 0 Å². The van der Waals surface area contributed by atoms with E-state index in [4.69, 9.17) is 0 Å². The average Bonchev–Trinajstić information content (AvgIpc) is 2.58. The van der Waals surface area contributed by atoms with Gasteiger partial charge in [-0.25, -0.2) is 15.4 Å². The fraction of sp³-hybridized carbons (Fsp3) is 0. The molecule has 0 amide bonds. The predicted molar refractivity (Wildman–Crippen MR) is 92.8 cm³/mol. The molecule has 0 aliphatic carbocycles. The van der Waals surface area contributed by atoms with E-state index < -0.39 is 0 Å². The molecule has 0 aliphatic heterocycles. The van der Waals surface area contributed by atoms with Crippen LogP contribution in [0.2, 0.25) is 0 Å². The minimum absolute atomic E-state index is 0.466. The Bertz CT molecular complexity index is 753. The lowest BCUT2D eigenvalue weighted by Crippen LogP contribution is -1.96. The summed E-state index contributed by atoms with van der Waals surface area (Å²) in [6, 6.07) is 17.9. The fourth-order valence-corrected chi connectivity index (χ4v) is 2.14. The van der Waals surface area contributed by atoms with Gasteiger partial charge < -0.3 is 0 Å². The fourth-order valence-electron chi connectivity index (χ4n) is 1.88. The Labute approximate surface area is 137 Å². The Kier molecular flexibility index (Phi) is 4.56. The van der Waals surface area contributed by atoms with Gasteiger partial charge in [0.1, 0.15) is 0 Å². The highest BCUT2D eigenvalue weighted by Gasteiger charge is 1.98. The van der Waals surface area contributed by atoms with Crippen LogP contribution in [0.15, 0.2) is 76.6 Å². The van der Waals surface area contributed by atoms with Gasteiger partial charge in [0.05, 0.1) is 6.21 Å². The topological polar surface area (TPSA) is 50.2 Å². The molecule has 22 heavy (non-hydrogen) atoms. The molecule has 4 nitrogen and oxygen atoms in total. The van der Waals surface area contributed by atoms with E-state index in [1.807, 2.05) is 54.6 Å². The first-order valence-corrected chi connectivity index (χ1v) is 7.53. The van der Waals surface area contributed by atoms with E-state index in [0.29, 0.717) is 5.95 Å². The molecule has 0 aliphatic rings. The van der Waals surface area contributed by atoms with Gasteiger partial charge in [0.25, 0.3) is 0 Å². The molecule has 108 valence electrons. The zero-order valence-electron chi connectivity index (χ0n) is 11.6. The smallest absolute Gasteiger partial charge is 0.243 e. The number of hydrogen-bond acceptors (Lipinski definition) is 4. The van der Waals surface area contributed by atoms with E-state index in [0.717, 1.165) is 21.2 Å². The first kappa shape index (κ1) is 14.4. The van der Waals surface area contributed by atoms with Crippen molar-refractivity contribution < 1.29 is 0 Å². The lowest BCUT2D eigenvalue weighted by molar-refractivity contribution is 1.12. The third kappa shape index (κ3) is 3.77. The van der Waals surface area contributed by atoms with E-state index in [-0.39, 0.29) is 0 Å². The molecular formula is C17H13BrN4. The molecule has 3 aromatic rings. The van der Waals surface area contributed by atoms with Crippen LogP contribution >= 0.6 is 15.9 Å². The number of aromatic nitrogens is 2. The van der Waals surface area contributed by atoms with Gasteiger partial charge in [0.2, 0.25) is 5.95 Å². The quantitative estimate of drug-likeness (QED) is 0.560. The van der Waals surface area contributed by atoms with E-state index in [1.54, 1.807) is 18.6 Å². The van der Waals surface area contributed by atoms with Crippen molar-refractivity contribution in [2.45, 2.75) is 0 Å². The molecule has 1 heterocycles. The summed E-state index contributed by atoms with van der Waals surface area (Å²) in [5.74, 6) is 0.466. The molecule has 2 aromatic carbocycles. The number of anilines is 1. The highest BCUT2D eigenvalue weighted by atomic mass is 79.9. The van der Waals surface area contributed by atoms with Crippen molar-refractivity contribution in [3.8, 4) is 11.1 Å². The standard InChI is InChI=1S/C17H13BrN4/c18-16-8-6-13(7-9-16)10-21-22-17-19-11-15(12-20-17)14-4-2-1-3-5-14/h1-12H,(H,19,20,22)/b21-10-. The molecule has 0 fully saturated rings. The Morgan fingerprint density at radius 1 is 0.864 bits per heavy atom. The number of rotatable bonds is 4. The maximum Gasteiger partial charge on any atom is 0.243 e. The summed E-state index contributed by atoms with van der Waals surface area (Å²) in [7, 11) is 0. The molecule has 0 unspecified atom stereocenters. The van der Waals surface area contributed by atoms with Gasteiger partial charge in [-0.2, -0.15) is 5.10 Å². The summed E-state index contributed by atoms with van der Waals surface area (Å²) in [6.45, 7) is 0. The second-order valence-corrected chi connectivity index (χ2v) is 5.50. The zero-order chi connectivity index (χ0) is 15.2. The van der Waals surface area contributed by atoms with Crippen LogP contribution in [0.1, 0.15) is 5.56 Å². The number of benzene rings is 2. The third-order valence-electron chi connectivity index (χ3n) is 3.01. The molecule has 0 saturated heterocycles. The first-order chi connectivity index (χ1) is 10.8. The Balaban J connectivity index is 1.65. The summed E-state index contributed by atoms with van der Waals surface area (Å²) < 4.78 is 1.04. The van der Waals surface area contributed by atoms with Crippen LogP contribution in [-0.4, -0.2) is 16.2 Å². The second-order valence-electron chi connectivity index (χ2n) is 4.58. The van der Waals surface area contributed by atoms with Crippen molar-refractivity contribution in [2.75, 3.05) is 5.43 Å². The number of nitrogens with one attached hydrogen (secondary N) is 1. The SMILES string of the molecule is Brc1ccc(/C=N\Nc2ncc(-c3ccccc3)cn2)cc1. The summed E-state index contributed by atoms with van der Waals surface area (Å²) in [4.78, 5) is 8.51. The second kappa shape index (κ2) is 6.95. The molecule has 1 aromatic heterocycles. The number of hydrogen-bond donors (Lipinski definition) is 1. The number of hydrazone groups is 1. The van der Waals surface area contributed by atoms with Gasteiger partial charge in [-0.3, -0.25) is 0 Å². The maximum absolute atomic E-state index is 4.26. The lowest BCUT2D eigenvalue weighted by Gasteiger charge is -2.02. The van der Waals surface area contributed by atoms with Crippen molar-refractivity contribution in [3.05, 3.63) is 77.0 Å². The van der Waals surface area contributed by atoms with Crippen molar-refractivity contribution in [1.82, 2.24) is 9.97 Å². The van der Waals surface area contributed by atoms with Gasteiger partial charge in [0.15, 0.2) is 0 Å². The van der Waals surface area contributed by atoms with Crippen LogP contribution in [0, 0.1) is 0 Å². The van der Waals surface area contributed by atoms with Crippen LogP contribution in [-0.2, 0) is 0 Å². The van der Waals surface area contributed by atoms with E-state index in [9.17, 15) is 0 Å². The molecule has 0 spiro atoms. The van der Waals surface area contributed by atoms with Crippen LogP contribution in [0.4, 0.5) is 5.95 Å². The largest absolute Gasteiger partial charge is 0.245 e. The monoisotopic (exact) mass is 352 g/mol. The van der Waals surface area contributed by atoms with Crippen molar-refractivity contribution in [2.24, 2.45) is 5.10 Å². The molecule has 5 heteroatoms. The van der Waals surface area contributed by atoms with Crippen LogP contribution in [0.25, 0.3) is 11.1 Å². The first-order valence-electron chi connectivity index (χ1n) is 6.73. The van der Waals surface area contributed by atoms with Crippen molar-refractivity contribution in [3.63, 3.8) is 0 Å². The average molecular weight is 353 g/mol. The Hall–Kier alpha value is -2.53. The Morgan fingerprint density at radius 3 is 2.23 bits per heavy atom. The molecule has 1 N–H and O–H groups in total. The molecule has 0 saturated carbocycles. The van der Waals surface area contributed by atoms with Gasteiger partial charge in [-0.1, -0.05) is 58.4 Å². The maximum atomic E-state index is 4.26. The normalized spacial score (nSPS) is 10.8. The summed E-state index contributed by atoms with van der Waals surface area (Å²) in [5, 5.41) is 4.13. The molecule has 0 bridgehead atoms. The molecule has 0 atom stereocenters. The lowest BCUT2D eigenvalue weighted by atomic mass is 10.1. The Morgan fingerprint density at radius 2 is 1.55 bits per heavy atom. The van der Waals surface area contributed by atoms with Gasteiger partial charge >= 0.3 is 0 Å². The molecule has 3 rings (SSSR count). The molecule has 0 radical (unpaired) electrons. The highest BCUT2D eigenvalue weighted by Crippen LogP contribution is 2.17. The van der Waals surface area contributed by atoms with Crippen LogP contribution in [0.5, 0.6) is 0 Å². The van der Waals surface area contributed by atoms with Crippen LogP contribution < -0.4 is 5.43 Å². The van der Waals surface area contributed by atoms with Crippen LogP contribution in [0.3, 0.4) is 0 Å². The minimum atomic E-state index is 0.466. The highest BCUT2D eigenvalue weighted by molar-refractivity contribution is 9.10. The van der Waals surface area contributed by atoms with Gasteiger partial charge in [0, 0.05) is 22.4 Å². The summed E-state index contributed by atoms with van der Waals surface area (Å²) in [5.41, 5.74) is 5.88. The summed E-state index contributed by atoms with van der Waals surface area (Å²) >= 11 is 3.40. The third-order valence-corrected chi connectivity index (χ3v) is 3.54. The minimum Gasteiger partial charge on any atom is -0.245 e. The van der Waals surface area contributed by atoms with E-state index in [1.165, 1.54) is 0 Å². The summed E-state index contributed by atoms with van der Waals surface area (Å²) in [6.07, 6.45) is 5.28. The van der Waals surface area contributed by atoms with Crippen molar-refractivity contribution >= 4 is 28.1 Å². The van der Waals surface area contributed by atoms with Crippen molar-refractivity contribution in [1.29, 1.82) is 0 Å². The van der Waals surface area contributed by atoms with E-state index in [2.05, 4.69) is 36.4 Å². The predicted octanol–water partition coefficient (Wildman–Crippen LogP) is 4.35. The van der Waals surface area contributed by atoms with Gasteiger partial charge in [-0.15, -0.1) is 0 Å². The molecular weight excluding hydrogens is 340 g/mol. The number of nitrogens with zero attached hydrogens (tertiary/aromatic N) is 3. The zero-order valence-corrected chi connectivity index (χ0v) is 13.2. The van der Waals surface area contributed by atoms with Gasteiger partial charge in [-0.05, 0) is 23.3 Å².